The van der Waals surface area contributed by atoms with Crippen molar-refractivity contribution >= 4 is 23.2 Å². The van der Waals surface area contributed by atoms with Crippen molar-refractivity contribution < 1.29 is 14.3 Å². The SMILES string of the molecule is Cc1cccc(OCC(=O)NC2CCN(C(=O)c3cccs3)CC2)c1C. The maximum absolute atomic E-state index is 12.3. The smallest absolute Gasteiger partial charge is 0.263 e. The molecule has 0 atom stereocenters. The third-order valence-electron chi connectivity index (χ3n) is 4.79. The molecule has 5 nitrogen and oxygen atoms in total. The summed E-state index contributed by atoms with van der Waals surface area (Å²) in [6.07, 6.45) is 1.54. The number of benzene rings is 1. The molecule has 2 heterocycles. The van der Waals surface area contributed by atoms with Crippen LogP contribution in [-0.4, -0.2) is 42.5 Å². The number of thiophene rings is 1. The summed E-state index contributed by atoms with van der Waals surface area (Å²) in [6.45, 7) is 5.36. The number of likely N-dealkylation sites (tertiary alicyclic amines) is 1. The van der Waals surface area contributed by atoms with Crippen molar-refractivity contribution in [1.82, 2.24) is 10.2 Å². The summed E-state index contributed by atoms with van der Waals surface area (Å²) < 4.78 is 5.65. The van der Waals surface area contributed by atoms with Gasteiger partial charge in [-0.3, -0.25) is 9.59 Å². The number of carbonyl (C=O) groups is 2. The first kappa shape index (κ1) is 18.5. The van der Waals surface area contributed by atoms with E-state index in [1.165, 1.54) is 11.3 Å². The van der Waals surface area contributed by atoms with Gasteiger partial charge in [0.15, 0.2) is 6.61 Å². The van der Waals surface area contributed by atoms with Crippen molar-refractivity contribution in [3.8, 4) is 5.75 Å². The van der Waals surface area contributed by atoms with Crippen molar-refractivity contribution in [3.63, 3.8) is 0 Å². The molecule has 0 radical (unpaired) electrons. The predicted octanol–water partition coefficient (Wildman–Crippen LogP) is 3.16. The summed E-state index contributed by atoms with van der Waals surface area (Å²) in [7, 11) is 0. The van der Waals surface area contributed by atoms with Gasteiger partial charge in [-0.25, -0.2) is 0 Å². The zero-order valence-corrected chi connectivity index (χ0v) is 16.0. The third-order valence-corrected chi connectivity index (χ3v) is 5.65. The van der Waals surface area contributed by atoms with Gasteiger partial charge in [0.1, 0.15) is 5.75 Å². The average Bonchev–Trinajstić information content (AvgIpc) is 3.18. The first-order chi connectivity index (χ1) is 12.5. The second kappa shape index (κ2) is 8.36. The molecule has 3 rings (SSSR count). The van der Waals surface area contributed by atoms with E-state index in [4.69, 9.17) is 4.74 Å². The van der Waals surface area contributed by atoms with Gasteiger partial charge in [0.25, 0.3) is 11.8 Å². The van der Waals surface area contributed by atoms with Crippen LogP contribution in [0.3, 0.4) is 0 Å². The minimum Gasteiger partial charge on any atom is -0.483 e. The summed E-state index contributed by atoms with van der Waals surface area (Å²) in [5, 5.41) is 4.93. The fourth-order valence-corrected chi connectivity index (χ4v) is 3.77. The van der Waals surface area contributed by atoms with Crippen LogP contribution in [0.5, 0.6) is 5.75 Å². The molecular formula is C20H24N2O3S. The number of nitrogens with one attached hydrogen (secondary N) is 1. The minimum atomic E-state index is -0.117. The highest BCUT2D eigenvalue weighted by atomic mass is 32.1. The van der Waals surface area contributed by atoms with Crippen LogP contribution in [0.15, 0.2) is 35.7 Å². The van der Waals surface area contributed by atoms with Crippen LogP contribution in [0, 0.1) is 13.8 Å². The third kappa shape index (κ3) is 4.43. The fourth-order valence-electron chi connectivity index (χ4n) is 3.08. The molecule has 26 heavy (non-hydrogen) atoms. The maximum Gasteiger partial charge on any atom is 0.263 e. The summed E-state index contributed by atoms with van der Waals surface area (Å²) >= 11 is 1.47. The summed E-state index contributed by atoms with van der Waals surface area (Å²) in [5.74, 6) is 0.716. The molecule has 0 bridgehead atoms. The number of amides is 2. The zero-order chi connectivity index (χ0) is 18.5. The molecule has 0 saturated carbocycles. The molecule has 2 aromatic rings. The Balaban J connectivity index is 1.43. The second-order valence-corrected chi connectivity index (χ2v) is 7.55. The Hall–Kier alpha value is -2.34. The van der Waals surface area contributed by atoms with Crippen LogP contribution >= 0.6 is 11.3 Å². The van der Waals surface area contributed by atoms with Crippen LogP contribution in [0.4, 0.5) is 0 Å². The summed E-state index contributed by atoms with van der Waals surface area (Å²) in [4.78, 5) is 27.1. The van der Waals surface area contributed by atoms with Crippen molar-refractivity contribution in [3.05, 3.63) is 51.7 Å². The first-order valence-corrected chi connectivity index (χ1v) is 9.73. The Morgan fingerprint density at radius 3 is 2.65 bits per heavy atom. The quantitative estimate of drug-likeness (QED) is 0.877. The van der Waals surface area contributed by atoms with E-state index >= 15 is 0 Å². The number of carbonyl (C=O) groups excluding carboxylic acids is 2. The van der Waals surface area contributed by atoms with Crippen molar-refractivity contribution in [2.24, 2.45) is 0 Å². The van der Waals surface area contributed by atoms with E-state index < -0.39 is 0 Å². The molecular weight excluding hydrogens is 348 g/mol. The van der Waals surface area contributed by atoms with Crippen molar-refractivity contribution in [1.29, 1.82) is 0 Å². The molecule has 1 saturated heterocycles. The van der Waals surface area contributed by atoms with Gasteiger partial charge in [-0.1, -0.05) is 18.2 Å². The molecule has 1 fully saturated rings. The van der Waals surface area contributed by atoms with Crippen LogP contribution in [0.1, 0.15) is 33.6 Å². The van der Waals surface area contributed by atoms with Crippen LogP contribution in [-0.2, 0) is 4.79 Å². The van der Waals surface area contributed by atoms with Crippen LogP contribution < -0.4 is 10.1 Å². The predicted molar refractivity (Wildman–Crippen MR) is 103 cm³/mol. The zero-order valence-electron chi connectivity index (χ0n) is 15.2. The number of hydrogen-bond acceptors (Lipinski definition) is 4. The summed E-state index contributed by atoms with van der Waals surface area (Å²) in [5.41, 5.74) is 2.20. The van der Waals surface area contributed by atoms with E-state index in [2.05, 4.69) is 5.32 Å². The number of nitrogens with zero attached hydrogens (tertiary/aromatic N) is 1. The second-order valence-electron chi connectivity index (χ2n) is 6.60. The van der Waals surface area contributed by atoms with Gasteiger partial charge >= 0.3 is 0 Å². The molecule has 1 aromatic heterocycles. The van der Waals surface area contributed by atoms with E-state index in [-0.39, 0.29) is 24.5 Å². The Morgan fingerprint density at radius 2 is 1.96 bits per heavy atom. The molecule has 0 aliphatic carbocycles. The number of aryl methyl sites for hydroxylation is 1. The van der Waals surface area contributed by atoms with Crippen molar-refractivity contribution in [2.75, 3.05) is 19.7 Å². The van der Waals surface area contributed by atoms with Gasteiger partial charge in [-0.05, 0) is 55.3 Å². The normalized spacial score (nSPS) is 14.9. The Labute approximate surface area is 158 Å². The Bertz CT molecular complexity index is 765. The van der Waals surface area contributed by atoms with Crippen LogP contribution in [0.25, 0.3) is 0 Å². The Morgan fingerprint density at radius 1 is 1.19 bits per heavy atom. The molecule has 6 heteroatoms. The molecule has 0 spiro atoms. The highest BCUT2D eigenvalue weighted by molar-refractivity contribution is 7.12. The molecule has 1 aromatic carbocycles. The largest absolute Gasteiger partial charge is 0.483 e. The fraction of sp³-hybridized carbons (Fsp3) is 0.400. The van der Waals surface area contributed by atoms with E-state index in [0.29, 0.717) is 13.1 Å². The average molecular weight is 372 g/mol. The number of hydrogen-bond donors (Lipinski definition) is 1. The molecule has 138 valence electrons. The lowest BCUT2D eigenvalue weighted by Gasteiger charge is -2.32. The van der Waals surface area contributed by atoms with Crippen LogP contribution in [0.2, 0.25) is 0 Å². The monoisotopic (exact) mass is 372 g/mol. The molecule has 1 aliphatic heterocycles. The molecule has 1 N–H and O–H groups in total. The number of rotatable bonds is 5. The number of piperidine rings is 1. The van der Waals surface area contributed by atoms with Gasteiger partial charge < -0.3 is 15.0 Å². The lowest BCUT2D eigenvalue weighted by atomic mass is 10.0. The minimum absolute atomic E-state index is 0.0125. The van der Waals surface area contributed by atoms with Gasteiger partial charge in [0.05, 0.1) is 4.88 Å². The lowest BCUT2D eigenvalue weighted by Crippen LogP contribution is -2.47. The molecule has 1 aliphatic rings. The molecule has 0 unspecified atom stereocenters. The number of ether oxygens (including phenoxy) is 1. The van der Waals surface area contributed by atoms with Gasteiger partial charge in [-0.2, -0.15) is 0 Å². The van der Waals surface area contributed by atoms with E-state index in [1.54, 1.807) is 0 Å². The maximum atomic E-state index is 12.3. The molecule has 2 amide bonds. The first-order valence-electron chi connectivity index (χ1n) is 8.86. The van der Waals surface area contributed by atoms with Gasteiger partial charge in [0.2, 0.25) is 0 Å². The van der Waals surface area contributed by atoms with E-state index in [9.17, 15) is 9.59 Å². The van der Waals surface area contributed by atoms with Gasteiger partial charge in [0, 0.05) is 19.1 Å². The highest BCUT2D eigenvalue weighted by Crippen LogP contribution is 2.20. The van der Waals surface area contributed by atoms with Crippen molar-refractivity contribution in [2.45, 2.75) is 32.7 Å². The topological polar surface area (TPSA) is 58.6 Å². The van der Waals surface area contributed by atoms with Gasteiger partial charge in [-0.15, -0.1) is 11.3 Å². The van der Waals surface area contributed by atoms with E-state index in [1.807, 2.05) is 54.5 Å². The standard InChI is InChI=1S/C20H24N2O3S/c1-14-5-3-6-17(15(14)2)25-13-19(23)21-16-8-10-22(11-9-16)20(24)18-7-4-12-26-18/h3-7,12,16H,8-11,13H2,1-2H3,(H,21,23). The lowest BCUT2D eigenvalue weighted by molar-refractivity contribution is -0.124. The van der Waals surface area contributed by atoms with E-state index in [0.717, 1.165) is 34.6 Å². The summed E-state index contributed by atoms with van der Waals surface area (Å²) in [6, 6.07) is 9.66. The Kier molecular flexibility index (Phi) is 5.93. The highest BCUT2D eigenvalue weighted by Gasteiger charge is 2.25.